The molecule has 0 aromatic heterocycles. The number of ketones is 1. The second-order valence-electron chi connectivity index (χ2n) is 5.84. The number of carbonyl (C=O) groups excluding carboxylic acids is 1. The highest BCUT2D eigenvalue weighted by molar-refractivity contribution is 5.99. The average molecular weight is 260 g/mol. The van der Waals surface area contributed by atoms with Gasteiger partial charge in [0.1, 0.15) is 6.61 Å². The van der Waals surface area contributed by atoms with Crippen LogP contribution in [0.25, 0.3) is 0 Å². The third-order valence-corrected chi connectivity index (χ3v) is 4.08. The quantitative estimate of drug-likeness (QED) is 0.571. The summed E-state index contributed by atoms with van der Waals surface area (Å²) in [4.78, 5) is 12.2. The number of Topliss-reactive ketones (excluding diaryl/α,β-unsaturated/α-hetero) is 1. The molecule has 1 saturated carbocycles. The first-order chi connectivity index (χ1) is 9.08. The van der Waals surface area contributed by atoms with Crippen molar-refractivity contribution in [1.29, 1.82) is 0 Å². The number of rotatable bonds is 6. The minimum Gasteiger partial charge on any atom is -0.373 e. The SMILES string of the molecule is Cc1cc(C)c(C(=O)COCCC2CCC2)c(C)c1. The molecule has 0 amide bonds. The van der Waals surface area contributed by atoms with Gasteiger partial charge in [-0.3, -0.25) is 4.79 Å². The van der Waals surface area contributed by atoms with Gasteiger partial charge in [-0.25, -0.2) is 0 Å². The third-order valence-electron chi connectivity index (χ3n) is 4.08. The summed E-state index contributed by atoms with van der Waals surface area (Å²) in [5, 5.41) is 0. The largest absolute Gasteiger partial charge is 0.373 e. The fourth-order valence-electron chi connectivity index (χ4n) is 2.89. The molecule has 2 nitrogen and oxygen atoms in total. The van der Waals surface area contributed by atoms with Crippen LogP contribution in [-0.2, 0) is 4.74 Å². The summed E-state index contributed by atoms with van der Waals surface area (Å²) in [7, 11) is 0. The zero-order chi connectivity index (χ0) is 13.8. The van der Waals surface area contributed by atoms with Crippen molar-refractivity contribution in [3.05, 3.63) is 34.4 Å². The van der Waals surface area contributed by atoms with Crippen LogP contribution in [0.1, 0.15) is 52.7 Å². The van der Waals surface area contributed by atoms with Gasteiger partial charge in [0.15, 0.2) is 5.78 Å². The van der Waals surface area contributed by atoms with Gasteiger partial charge in [0, 0.05) is 12.2 Å². The molecule has 0 spiro atoms. The van der Waals surface area contributed by atoms with Crippen molar-refractivity contribution in [2.75, 3.05) is 13.2 Å². The summed E-state index contributed by atoms with van der Waals surface area (Å²) in [6.45, 7) is 7.00. The van der Waals surface area contributed by atoms with E-state index in [0.29, 0.717) is 0 Å². The summed E-state index contributed by atoms with van der Waals surface area (Å²) in [5.41, 5.74) is 4.17. The predicted octanol–water partition coefficient (Wildman–Crippen LogP) is 4.00. The normalized spacial score (nSPS) is 15.3. The zero-order valence-electron chi connectivity index (χ0n) is 12.3. The van der Waals surface area contributed by atoms with Crippen molar-refractivity contribution in [3.63, 3.8) is 0 Å². The molecule has 19 heavy (non-hydrogen) atoms. The van der Waals surface area contributed by atoms with Crippen LogP contribution in [0.2, 0.25) is 0 Å². The molecule has 0 N–H and O–H groups in total. The van der Waals surface area contributed by atoms with Crippen LogP contribution in [0.3, 0.4) is 0 Å². The molecule has 104 valence electrons. The van der Waals surface area contributed by atoms with E-state index in [1.165, 1.54) is 24.8 Å². The molecule has 0 atom stereocenters. The Bertz CT molecular complexity index is 435. The molecule has 1 aromatic rings. The van der Waals surface area contributed by atoms with Crippen molar-refractivity contribution in [1.82, 2.24) is 0 Å². The van der Waals surface area contributed by atoms with Crippen molar-refractivity contribution < 1.29 is 9.53 Å². The molecule has 0 bridgehead atoms. The lowest BCUT2D eigenvalue weighted by Gasteiger charge is -2.24. The Morgan fingerprint density at radius 2 is 1.84 bits per heavy atom. The van der Waals surface area contributed by atoms with Crippen LogP contribution in [0, 0.1) is 26.7 Å². The van der Waals surface area contributed by atoms with Crippen molar-refractivity contribution in [3.8, 4) is 0 Å². The van der Waals surface area contributed by atoms with Crippen LogP contribution < -0.4 is 0 Å². The maximum absolute atomic E-state index is 12.2. The van der Waals surface area contributed by atoms with Crippen LogP contribution in [-0.4, -0.2) is 19.0 Å². The van der Waals surface area contributed by atoms with Gasteiger partial charge in [-0.05, 0) is 44.2 Å². The number of hydrogen-bond acceptors (Lipinski definition) is 2. The maximum Gasteiger partial charge on any atom is 0.188 e. The van der Waals surface area contributed by atoms with E-state index < -0.39 is 0 Å². The fourth-order valence-corrected chi connectivity index (χ4v) is 2.89. The molecule has 0 unspecified atom stereocenters. The van der Waals surface area contributed by atoms with Gasteiger partial charge in [-0.2, -0.15) is 0 Å². The van der Waals surface area contributed by atoms with Crippen LogP contribution >= 0.6 is 0 Å². The number of ether oxygens (including phenoxy) is 1. The van der Waals surface area contributed by atoms with E-state index in [0.717, 1.165) is 35.6 Å². The van der Waals surface area contributed by atoms with E-state index in [1.807, 2.05) is 13.8 Å². The first-order valence-electron chi connectivity index (χ1n) is 7.26. The summed E-state index contributed by atoms with van der Waals surface area (Å²) >= 11 is 0. The lowest BCUT2D eigenvalue weighted by Crippen LogP contribution is -2.17. The number of aryl methyl sites for hydroxylation is 3. The van der Waals surface area contributed by atoms with Gasteiger partial charge in [0.25, 0.3) is 0 Å². The molecule has 0 radical (unpaired) electrons. The Balaban J connectivity index is 1.85. The predicted molar refractivity (Wildman–Crippen MR) is 77.8 cm³/mol. The molecule has 0 heterocycles. The minimum atomic E-state index is 0.114. The number of hydrogen-bond donors (Lipinski definition) is 0. The van der Waals surface area contributed by atoms with Gasteiger partial charge in [0.2, 0.25) is 0 Å². The second kappa shape index (κ2) is 6.33. The number of benzene rings is 1. The Kier molecular flexibility index (Phi) is 4.76. The van der Waals surface area contributed by atoms with Gasteiger partial charge in [-0.1, -0.05) is 37.0 Å². The summed E-state index contributed by atoms with van der Waals surface area (Å²) in [5.74, 6) is 0.960. The fraction of sp³-hybridized carbons (Fsp3) is 0.588. The molecule has 2 heteroatoms. The Hall–Kier alpha value is -1.15. The third kappa shape index (κ3) is 3.66. The minimum absolute atomic E-state index is 0.114. The monoisotopic (exact) mass is 260 g/mol. The Labute approximate surface area is 116 Å². The van der Waals surface area contributed by atoms with Crippen molar-refractivity contribution in [2.45, 2.75) is 46.5 Å². The van der Waals surface area contributed by atoms with Crippen molar-refractivity contribution in [2.24, 2.45) is 5.92 Å². The highest BCUT2D eigenvalue weighted by atomic mass is 16.5. The van der Waals surface area contributed by atoms with E-state index in [-0.39, 0.29) is 12.4 Å². The standard InChI is InChI=1S/C17H24O2/c1-12-9-13(2)17(14(3)10-12)16(18)11-19-8-7-15-5-4-6-15/h9-10,15H,4-8,11H2,1-3H3. The molecule has 2 rings (SSSR count). The molecular weight excluding hydrogens is 236 g/mol. The van der Waals surface area contributed by atoms with E-state index in [2.05, 4.69) is 19.1 Å². The van der Waals surface area contributed by atoms with Crippen LogP contribution in [0.5, 0.6) is 0 Å². The van der Waals surface area contributed by atoms with Gasteiger partial charge < -0.3 is 4.74 Å². The second-order valence-corrected chi connectivity index (χ2v) is 5.84. The highest BCUT2D eigenvalue weighted by Gasteiger charge is 2.17. The van der Waals surface area contributed by atoms with Gasteiger partial charge in [-0.15, -0.1) is 0 Å². The molecule has 1 aromatic carbocycles. The molecule has 0 saturated heterocycles. The summed E-state index contributed by atoms with van der Waals surface area (Å²) in [6, 6.07) is 4.13. The summed E-state index contributed by atoms with van der Waals surface area (Å²) in [6.07, 6.45) is 5.16. The Morgan fingerprint density at radius 1 is 1.21 bits per heavy atom. The van der Waals surface area contributed by atoms with Crippen LogP contribution in [0.15, 0.2) is 12.1 Å². The average Bonchev–Trinajstić information content (AvgIpc) is 2.24. The highest BCUT2D eigenvalue weighted by Crippen LogP contribution is 2.29. The van der Waals surface area contributed by atoms with E-state index in [1.54, 1.807) is 0 Å². The van der Waals surface area contributed by atoms with E-state index >= 15 is 0 Å². The van der Waals surface area contributed by atoms with Gasteiger partial charge in [0.05, 0.1) is 0 Å². The van der Waals surface area contributed by atoms with E-state index in [4.69, 9.17) is 4.74 Å². The van der Waals surface area contributed by atoms with Crippen molar-refractivity contribution >= 4 is 5.78 Å². The molecular formula is C17H24O2. The first-order valence-corrected chi connectivity index (χ1v) is 7.26. The maximum atomic E-state index is 12.2. The van der Waals surface area contributed by atoms with Gasteiger partial charge >= 0.3 is 0 Å². The zero-order valence-corrected chi connectivity index (χ0v) is 12.3. The smallest absolute Gasteiger partial charge is 0.188 e. The van der Waals surface area contributed by atoms with Crippen LogP contribution in [0.4, 0.5) is 0 Å². The lowest BCUT2D eigenvalue weighted by molar-refractivity contribution is 0.0704. The summed E-state index contributed by atoms with van der Waals surface area (Å²) < 4.78 is 5.55. The molecule has 1 aliphatic rings. The number of carbonyl (C=O) groups is 1. The molecule has 1 aliphatic carbocycles. The Morgan fingerprint density at radius 3 is 2.37 bits per heavy atom. The van der Waals surface area contributed by atoms with E-state index in [9.17, 15) is 4.79 Å². The molecule has 1 fully saturated rings. The molecule has 0 aliphatic heterocycles. The lowest BCUT2D eigenvalue weighted by atomic mass is 9.83. The topological polar surface area (TPSA) is 26.3 Å². The first kappa shape index (κ1) is 14.3.